The third-order valence-corrected chi connectivity index (χ3v) is 28.0. The molecular weight excluding hydrogens is 749 g/mol. The third kappa shape index (κ3) is 8.10. The summed E-state index contributed by atoms with van der Waals surface area (Å²) >= 11 is 1.34. The van der Waals surface area contributed by atoms with Crippen molar-refractivity contribution in [3.8, 4) is 0 Å². The van der Waals surface area contributed by atoms with Crippen LogP contribution >= 0.6 is 11.8 Å². The fourth-order valence-electron chi connectivity index (χ4n) is 7.93. The molecule has 2 heterocycles. The molecule has 4 rings (SSSR count). The molecule has 0 spiro atoms. The van der Waals surface area contributed by atoms with E-state index in [4.69, 9.17) is 18.0 Å². The molecule has 2 aromatic carbocycles. The quantitative estimate of drug-likeness (QED) is 0.0752. The van der Waals surface area contributed by atoms with E-state index in [1.54, 1.807) is 18.9 Å². The Labute approximate surface area is 332 Å². The Balaban J connectivity index is 1.93. The molecule has 0 saturated carbocycles. The van der Waals surface area contributed by atoms with Crippen LogP contribution in [0.1, 0.15) is 75.7 Å². The van der Waals surface area contributed by atoms with Crippen LogP contribution in [0.2, 0.25) is 41.3 Å². The van der Waals surface area contributed by atoms with Crippen LogP contribution in [0.4, 0.5) is 0 Å². The lowest BCUT2D eigenvalue weighted by atomic mass is 10.0. The number of benzene rings is 2. The number of esters is 1. The topological polar surface area (TPSA) is 94.6 Å². The number of carbonyl (C=O) groups is 3. The average Bonchev–Trinajstić information content (AvgIpc) is 3.43. The van der Waals surface area contributed by atoms with Crippen LogP contribution in [0.3, 0.4) is 0 Å². The van der Waals surface area contributed by atoms with Gasteiger partial charge in [-0.2, -0.15) is 0 Å². The standard InChI is InChI=1S/C41H66N2O7SSi3/c1-14-47-37(45)35-36(44)43-31(29-48-54(40(8,9)10,32-24-20-18-21-25-32)33-26-22-19-23-27-33)28-34(50-53(15-2,16-3)17-4)41(43,38(46)42(35)11)51-30-49-52(12,13)39(5,6)7/h18-27,31,34-35H,14-17,28-30H2,1-13H3/t31-,34+,35+,41-/m1/s1. The first-order chi connectivity index (χ1) is 25.2. The van der Waals surface area contributed by atoms with E-state index < -0.39 is 59.9 Å². The van der Waals surface area contributed by atoms with Gasteiger partial charge in [0.25, 0.3) is 20.1 Å². The average molecular weight is 815 g/mol. The molecule has 54 heavy (non-hydrogen) atoms. The fourth-order valence-corrected chi connectivity index (χ4v) is 18.5. The van der Waals surface area contributed by atoms with Crippen LogP contribution in [0.25, 0.3) is 0 Å². The number of hydrogen-bond acceptors (Lipinski definition) is 8. The van der Waals surface area contributed by atoms with Crippen molar-refractivity contribution < 1.29 is 32.4 Å². The van der Waals surface area contributed by atoms with Crippen LogP contribution < -0.4 is 10.4 Å². The molecule has 2 saturated heterocycles. The SMILES string of the molecule is CCOC(=O)[C@@H]1C(=O)N2[C@@H](CO[Si](c3ccccc3)(c3ccccc3)C(C)(C)C)C[C@H](O[Si](CC)(CC)CC)[C@@]2(SCO[Si](C)(C)C(C)(C)C)C(=O)N1C. The number of likely N-dealkylation sites (N-methyl/N-ethyl adjacent to an activating group) is 1. The van der Waals surface area contributed by atoms with Crippen molar-refractivity contribution in [1.29, 1.82) is 0 Å². The zero-order valence-corrected chi connectivity index (χ0v) is 38.9. The maximum Gasteiger partial charge on any atom is 0.338 e. The molecule has 4 atom stereocenters. The summed E-state index contributed by atoms with van der Waals surface area (Å²) in [6, 6.07) is 21.5. The van der Waals surface area contributed by atoms with Gasteiger partial charge in [-0.25, -0.2) is 4.79 Å². The second kappa shape index (κ2) is 17.1. The summed E-state index contributed by atoms with van der Waals surface area (Å²) in [4.78, 5) is 45.4. The Bertz CT molecular complexity index is 1550. The second-order valence-electron chi connectivity index (χ2n) is 17.4. The largest absolute Gasteiger partial charge is 0.464 e. The van der Waals surface area contributed by atoms with Gasteiger partial charge in [-0.3, -0.25) is 9.59 Å². The van der Waals surface area contributed by atoms with Gasteiger partial charge in [-0.1, -0.05) is 135 Å². The summed E-state index contributed by atoms with van der Waals surface area (Å²) in [6.07, 6.45) is -0.243. The molecule has 13 heteroatoms. The molecule has 300 valence electrons. The molecule has 0 aromatic heterocycles. The number of amides is 2. The van der Waals surface area contributed by atoms with Gasteiger partial charge in [0.15, 0.2) is 21.5 Å². The number of hydrogen-bond donors (Lipinski definition) is 0. The van der Waals surface area contributed by atoms with E-state index in [1.165, 1.54) is 16.7 Å². The first-order valence-corrected chi connectivity index (χ1v) is 28.0. The van der Waals surface area contributed by atoms with Crippen molar-refractivity contribution in [3.05, 3.63) is 60.7 Å². The minimum absolute atomic E-state index is 0.0600. The fraction of sp³-hybridized carbons (Fsp3) is 0.634. The summed E-state index contributed by atoms with van der Waals surface area (Å²) in [6.45, 7) is 26.1. The van der Waals surface area contributed by atoms with E-state index in [0.717, 1.165) is 28.5 Å². The summed E-state index contributed by atoms with van der Waals surface area (Å²) in [5.41, 5.74) is 0. The van der Waals surface area contributed by atoms with Gasteiger partial charge >= 0.3 is 5.97 Å². The molecule has 2 aliphatic rings. The van der Waals surface area contributed by atoms with Crippen molar-refractivity contribution >= 4 is 64.9 Å². The number of fused-ring (bicyclic) bond motifs is 1. The predicted molar refractivity (Wildman–Crippen MR) is 228 cm³/mol. The van der Waals surface area contributed by atoms with Gasteiger partial charge in [0, 0.05) is 7.05 Å². The number of thioether (sulfide) groups is 1. The van der Waals surface area contributed by atoms with E-state index in [9.17, 15) is 4.79 Å². The Morgan fingerprint density at radius 2 is 1.35 bits per heavy atom. The Hall–Kier alpha value is -2.27. The monoisotopic (exact) mass is 814 g/mol. The van der Waals surface area contributed by atoms with Gasteiger partial charge in [0.2, 0.25) is 6.04 Å². The molecule has 0 unspecified atom stereocenters. The predicted octanol–water partition coefficient (Wildman–Crippen LogP) is 7.37. The lowest BCUT2D eigenvalue weighted by Crippen LogP contribution is -2.74. The third-order valence-electron chi connectivity index (χ3n) is 12.4. The lowest BCUT2D eigenvalue weighted by molar-refractivity contribution is -0.174. The highest BCUT2D eigenvalue weighted by Gasteiger charge is 2.69. The van der Waals surface area contributed by atoms with Crippen LogP contribution in [0.5, 0.6) is 0 Å². The van der Waals surface area contributed by atoms with Crippen molar-refractivity contribution in [2.24, 2.45) is 0 Å². The first kappa shape index (κ1) is 44.4. The van der Waals surface area contributed by atoms with Crippen molar-refractivity contribution in [2.45, 2.75) is 140 Å². The zero-order chi connectivity index (χ0) is 40.3. The molecule has 2 amide bonds. The minimum atomic E-state index is -3.05. The van der Waals surface area contributed by atoms with Gasteiger partial charge < -0.3 is 27.8 Å². The van der Waals surface area contributed by atoms with Crippen LogP contribution in [0, 0.1) is 0 Å². The Morgan fingerprint density at radius 1 is 0.833 bits per heavy atom. The van der Waals surface area contributed by atoms with Crippen LogP contribution in [0.15, 0.2) is 60.7 Å². The molecule has 2 aliphatic heterocycles. The van der Waals surface area contributed by atoms with Gasteiger partial charge in [0.1, 0.15) is 0 Å². The van der Waals surface area contributed by atoms with Crippen molar-refractivity contribution in [3.63, 3.8) is 0 Å². The minimum Gasteiger partial charge on any atom is -0.464 e. The number of nitrogens with zero attached hydrogens (tertiary/aromatic N) is 2. The highest BCUT2D eigenvalue weighted by Crippen LogP contribution is 2.51. The summed E-state index contributed by atoms with van der Waals surface area (Å²) in [5.74, 6) is -1.34. The highest BCUT2D eigenvalue weighted by molar-refractivity contribution is 8.01. The van der Waals surface area contributed by atoms with E-state index in [2.05, 4.69) is 124 Å². The summed E-state index contributed by atoms with van der Waals surface area (Å²) < 4.78 is 27.0. The highest BCUT2D eigenvalue weighted by atomic mass is 32.2. The Kier molecular flexibility index (Phi) is 14.1. The summed E-state index contributed by atoms with van der Waals surface area (Å²) in [5, 5.41) is 1.88. The van der Waals surface area contributed by atoms with Gasteiger partial charge in [-0.05, 0) is 65.0 Å². The van der Waals surface area contributed by atoms with Gasteiger partial charge in [0.05, 0.1) is 31.3 Å². The normalized spacial score (nSPS) is 22.8. The van der Waals surface area contributed by atoms with E-state index >= 15 is 9.59 Å². The molecular formula is C41H66N2O7SSi3. The van der Waals surface area contributed by atoms with Crippen molar-refractivity contribution in [1.82, 2.24) is 9.80 Å². The molecule has 0 N–H and O–H groups in total. The van der Waals surface area contributed by atoms with Crippen LogP contribution in [-0.2, 0) is 32.4 Å². The Morgan fingerprint density at radius 3 is 1.80 bits per heavy atom. The van der Waals surface area contributed by atoms with E-state index in [0.29, 0.717) is 6.42 Å². The lowest BCUT2D eigenvalue weighted by Gasteiger charge is -2.51. The molecule has 9 nitrogen and oxygen atoms in total. The van der Waals surface area contributed by atoms with E-state index in [1.807, 2.05) is 12.1 Å². The number of rotatable bonds is 16. The van der Waals surface area contributed by atoms with E-state index in [-0.39, 0.29) is 35.1 Å². The number of carbonyl (C=O) groups excluding carboxylic acids is 3. The number of ether oxygens (including phenoxy) is 1. The number of piperazine rings is 1. The zero-order valence-electron chi connectivity index (χ0n) is 35.1. The molecule has 2 fully saturated rings. The smallest absolute Gasteiger partial charge is 0.338 e. The van der Waals surface area contributed by atoms with Gasteiger partial charge in [-0.15, -0.1) is 0 Å². The molecule has 0 aliphatic carbocycles. The molecule has 0 bridgehead atoms. The maximum absolute atomic E-state index is 15.2. The van der Waals surface area contributed by atoms with Crippen molar-refractivity contribution in [2.75, 3.05) is 26.2 Å². The summed E-state index contributed by atoms with van der Waals surface area (Å²) in [7, 11) is -6.09. The first-order valence-electron chi connectivity index (χ1n) is 19.7. The molecule has 0 radical (unpaired) electrons. The molecule has 2 aromatic rings. The maximum atomic E-state index is 15.2. The second-order valence-corrected chi connectivity index (χ2v) is 32.3. The van der Waals surface area contributed by atoms with Crippen LogP contribution in [-0.4, -0.2) is 102 Å².